The average molecular weight is 234 g/mol. The molecule has 1 heterocycles. The molecule has 90 valence electrons. The summed E-state index contributed by atoms with van der Waals surface area (Å²) in [6.45, 7) is 0.461. The molecule has 1 aromatic carbocycles. The van der Waals surface area contributed by atoms with E-state index in [1.165, 1.54) is 0 Å². The van der Waals surface area contributed by atoms with Gasteiger partial charge in [-0.1, -0.05) is 18.2 Å². The lowest BCUT2D eigenvalue weighted by Gasteiger charge is -2.22. The van der Waals surface area contributed by atoms with Crippen molar-refractivity contribution in [3.8, 4) is 5.75 Å². The Kier molecular flexibility index (Phi) is 3.59. The van der Waals surface area contributed by atoms with Crippen LogP contribution in [-0.2, 0) is 4.79 Å². The topological polar surface area (TPSA) is 67.4 Å². The van der Waals surface area contributed by atoms with Gasteiger partial charge >= 0.3 is 6.09 Å². The summed E-state index contributed by atoms with van der Waals surface area (Å²) < 4.78 is 5.08. The predicted molar refractivity (Wildman–Crippen MR) is 61.6 cm³/mol. The predicted octanol–water partition coefficient (Wildman–Crippen LogP) is 1.05. The van der Waals surface area contributed by atoms with Crippen molar-refractivity contribution in [3.05, 3.63) is 30.3 Å². The fourth-order valence-corrected chi connectivity index (χ4v) is 1.65. The van der Waals surface area contributed by atoms with E-state index in [1.54, 1.807) is 24.3 Å². The van der Waals surface area contributed by atoms with E-state index >= 15 is 0 Å². The van der Waals surface area contributed by atoms with Gasteiger partial charge in [0, 0.05) is 13.0 Å². The third-order valence-corrected chi connectivity index (χ3v) is 2.54. The molecule has 1 fully saturated rings. The Bertz CT molecular complexity index is 395. The van der Waals surface area contributed by atoms with Crippen molar-refractivity contribution < 1.29 is 14.3 Å². The number of hydrogen-bond acceptors (Lipinski definition) is 3. The fourth-order valence-electron chi connectivity index (χ4n) is 1.65. The number of carbonyl (C=O) groups is 2. The summed E-state index contributed by atoms with van der Waals surface area (Å²) in [5.74, 6) is 0.532. The number of hydrogen-bond donors (Lipinski definition) is 2. The third kappa shape index (κ3) is 3.48. The number of benzene rings is 1. The van der Waals surface area contributed by atoms with Crippen molar-refractivity contribution in [2.24, 2.45) is 0 Å². The molecule has 0 bridgehead atoms. The zero-order valence-electron chi connectivity index (χ0n) is 9.31. The lowest BCUT2D eigenvalue weighted by molar-refractivity contribution is -0.122. The van der Waals surface area contributed by atoms with Crippen LogP contribution in [0.1, 0.15) is 12.8 Å². The van der Waals surface area contributed by atoms with Crippen molar-refractivity contribution in [3.63, 3.8) is 0 Å². The van der Waals surface area contributed by atoms with E-state index in [4.69, 9.17) is 4.74 Å². The maximum Gasteiger partial charge on any atom is 0.412 e. The molecule has 5 nitrogen and oxygen atoms in total. The molecule has 2 rings (SSSR count). The first-order valence-electron chi connectivity index (χ1n) is 5.54. The molecular weight excluding hydrogens is 220 g/mol. The van der Waals surface area contributed by atoms with Crippen LogP contribution in [0, 0.1) is 0 Å². The highest BCUT2D eigenvalue weighted by molar-refractivity contribution is 5.77. The fraction of sp³-hybridized carbons (Fsp3) is 0.333. The molecule has 0 radical (unpaired) electrons. The van der Waals surface area contributed by atoms with E-state index in [0.29, 0.717) is 25.1 Å². The van der Waals surface area contributed by atoms with Crippen molar-refractivity contribution in [1.82, 2.24) is 10.6 Å². The second-order valence-corrected chi connectivity index (χ2v) is 3.89. The Morgan fingerprint density at radius 2 is 2.12 bits per heavy atom. The van der Waals surface area contributed by atoms with Crippen LogP contribution in [0.15, 0.2) is 30.3 Å². The molecule has 5 heteroatoms. The number of piperidine rings is 1. The van der Waals surface area contributed by atoms with Gasteiger partial charge in [-0.05, 0) is 18.6 Å². The lowest BCUT2D eigenvalue weighted by atomic mass is 10.1. The van der Waals surface area contributed by atoms with Gasteiger partial charge in [0.05, 0.1) is 6.04 Å². The summed E-state index contributed by atoms with van der Waals surface area (Å²) >= 11 is 0. The minimum Gasteiger partial charge on any atom is -0.410 e. The Morgan fingerprint density at radius 3 is 2.76 bits per heavy atom. The molecule has 1 atom stereocenters. The van der Waals surface area contributed by atoms with Gasteiger partial charge in [0.15, 0.2) is 0 Å². The first-order valence-corrected chi connectivity index (χ1v) is 5.54. The normalized spacial score (nSPS) is 19.3. The van der Waals surface area contributed by atoms with Crippen LogP contribution in [-0.4, -0.2) is 24.6 Å². The average Bonchev–Trinajstić information content (AvgIpc) is 2.33. The van der Waals surface area contributed by atoms with Gasteiger partial charge < -0.3 is 15.4 Å². The second-order valence-electron chi connectivity index (χ2n) is 3.89. The van der Waals surface area contributed by atoms with Gasteiger partial charge in [-0.2, -0.15) is 0 Å². The van der Waals surface area contributed by atoms with Crippen molar-refractivity contribution >= 4 is 12.0 Å². The number of ether oxygens (including phenoxy) is 1. The van der Waals surface area contributed by atoms with Crippen LogP contribution in [0.2, 0.25) is 0 Å². The van der Waals surface area contributed by atoms with Gasteiger partial charge in [0.25, 0.3) is 0 Å². The number of para-hydroxylation sites is 1. The van der Waals surface area contributed by atoms with Gasteiger partial charge in [0.1, 0.15) is 5.75 Å². The molecule has 0 spiro atoms. The van der Waals surface area contributed by atoms with E-state index in [0.717, 1.165) is 0 Å². The molecule has 1 aliphatic heterocycles. The molecule has 0 aromatic heterocycles. The van der Waals surface area contributed by atoms with E-state index in [-0.39, 0.29) is 11.9 Å². The van der Waals surface area contributed by atoms with Crippen LogP contribution in [0.3, 0.4) is 0 Å². The van der Waals surface area contributed by atoms with Gasteiger partial charge in [-0.25, -0.2) is 4.79 Å². The number of carbonyl (C=O) groups excluding carboxylic acids is 2. The lowest BCUT2D eigenvalue weighted by Crippen LogP contribution is -2.48. The summed E-state index contributed by atoms with van der Waals surface area (Å²) in [5, 5.41) is 5.40. The Morgan fingerprint density at radius 1 is 1.35 bits per heavy atom. The number of amides is 2. The highest BCUT2D eigenvalue weighted by Gasteiger charge is 2.20. The van der Waals surface area contributed by atoms with Gasteiger partial charge in [-0.15, -0.1) is 0 Å². The van der Waals surface area contributed by atoms with Crippen LogP contribution >= 0.6 is 0 Å². The SMILES string of the molecule is O=C1CCC(NC(=O)Oc2ccccc2)CN1. The molecular formula is C12H14N2O3. The summed E-state index contributed by atoms with van der Waals surface area (Å²) in [5.41, 5.74) is 0. The first kappa shape index (κ1) is 11.4. The molecule has 0 aliphatic carbocycles. The van der Waals surface area contributed by atoms with Crippen LogP contribution in [0.25, 0.3) is 0 Å². The van der Waals surface area contributed by atoms with E-state index < -0.39 is 6.09 Å². The quantitative estimate of drug-likeness (QED) is 0.803. The molecule has 1 aromatic rings. The van der Waals surface area contributed by atoms with E-state index in [1.807, 2.05) is 6.07 Å². The summed E-state index contributed by atoms with van der Waals surface area (Å²) in [7, 11) is 0. The smallest absolute Gasteiger partial charge is 0.410 e. The zero-order chi connectivity index (χ0) is 12.1. The monoisotopic (exact) mass is 234 g/mol. The Labute approximate surface area is 99.2 Å². The summed E-state index contributed by atoms with van der Waals surface area (Å²) in [6.07, 6.45) is 0.601. The molecule has 1 aliphatic rings. The maximum absolute atomic E-state index is 11.5. The maximum atomic E-state index is 11.5. The van der Waals surface area contributed by atoms with Gasteiger partial charge in [0.2, 0.25) is 5.91 Å². The number of rotatable bonds is 2. The molecule has 1 unspecified atom stereocenters. The van der Waals surface area contributed by atoms with E-state index in [9.17, 15) is 9.59 Å². The standard InChI is InChI=1S/C12H14N2O3/c15-11-7-6-9(8-13-11)14-12(16)17-10-4-2-1-3-5-10/h1-5,9H,6-8H2,(H,13,15)(H,14,16). The summed E-state index contributed by atoms with van der Waals surface area (Å²) in [4.78, 5) is 22.4. The minimum absolute atomic E-state index is 0.0273. The third-order valence-electron chi connectivity index (χ3n) is 2.54. The molecule has 1 saturated heterocycles. The van der Waals surface area contributed by atoms with Crippen molar-refractivity contribution in [1.29, 1.82) is 0 Å². The second kappa shape index (κ2) is 5.34. The molecule has 2 amide bonds. The zero-order valence-corrected chi connectivity index (χ0v) is 9.31. The van der Waals surface area contributed by atoms with Crippen molar-refractivity contribution in [2.45, 2.75) is 18.9 Å². The Hall–Kier alpha value is -2.04. The van der Waals surface area contributed by atoms with Crippen LogP contribution in [0.5, 0.6) is 5.75 Å². The number of nitrogens with one attached hydrogen (secondary N) is 2. The summed E-state index contributed by atoms with van der Waals surface area (Å²) in [6, 6.07) is 8.81. The van der Waals surface area contributed by atoms with Crippen molar-refractivity contribution in [2.75, 3.05) is 6.54 Å². The van der Waals surface area contributed by atoms with Crippen LogP contribution < -0.4 is 15.4 Å². The molecule has 17 heavy (non-hydrogen) atoms. The molecule has 0 saturated carbocycles. The first-order chi connectivity index (χ1) is 8.24. The molecule has 2 N–H and O–H groups in total. The largest absolute Gasteiger partial charge is 0.412 e. The highest BCUT2D eigenvalue weighted by Crippen LogP contribution is 2.09. The van der Waals surface area contributed by atoms with Gasteiger partial charge in [-0.3, -0.25) is 4.79 Å². The van der Waals surface area contributed by atoms with E-state index in [2.05, 4.69) is 10.6 Å². The highest BCUT2D eigenvalue weighted by atomic mass is 16.6. The Balaban J connectivity index is 1.80. The minimum atomic E-state index is -0.489. The van der Waals surface area contributed by atoms with Crippen LogP contribution in [0.4, 0.5) is 4.79 Å².